The number of aryl methyl sites for hydroxylation is 1. The molecule has 0 N–H and O–H groups in total. The molecule has 0 aliphatic carbocycles. The SMILES string of the molecule is CCOC(=O)c1oc2cc(Cl)c(Oc3ccncc3C(=O)OCc3ccccc3)cc2c1C. The number of rotatable bonds is 7. The van der Waals surface area contributed by atoms with E-state index in [0.29, 0.717) is 16.5 Å². The van der Waals surface area contributed by atoms with E-state index in [4.69, 9.17) is 30.2 Å². The van der Waals surface area contributed by atoms with Gasteiger partial charge < -0.3 is 18.6 Å². The highest BCUT2D eigenvalue weighted by Crippen LogP contribution is 2.37. The summed E-state index contributed by atoms with van der Waals surface area (Å²) < 4.78 is 22.0. The number of esters is 2. The Morgan fingerprint density at radius 1 is 1.03 bits per heavy atom. The predicted octanol–water partition coefficient (Wildman–Crippen LogP) is 6.12. The number of hydrogen-bond donors (Lipinski definition) is 0. The summed E-state index contributed by atoms with van der Waals surface area (Å²) in [5.41, 5.74) is 2.03. The molecule has 168 valence electrons. The molecular weight excluding hydrogens is 446 g/mol. The van der Waals surface area contributed by atoms with E-state index in [2.05, 4.69) is 4.98 Å². The third kappa shape index (κ3) is 4.83. The van der Waals surface area contributed by atoms with Crippen LogP contribution in [0.3, 0.4) is 0 Å². The minimum atomic E-state index is -0.580. The Labute approximate surface area is 194 Å². The first-order valence-corrected chi connectivity index (χ1v) is 10.6. The Bertz CT molecular complexity index is 1320. The summed E-state index contributed by atoms with van der Waals surface area (Å²) in [6, 6.07) is 14.1. The molecule has 0 spiro atoms. The van der Waals surface area contributed by atoms with Gasteiger partial charge in [0.25, 0.3) is 0 Å². The van der Waals surface area contributed by atoms with Crippen LogP contribution in [-0.4, -0.2) is 23.5 Å². The maximum absolute atomic E-state index is 12.7. The second-order valence-electron chi connectivity index (χ2n) is 7.09. The Morgan fingerprint density at radius 2 is 1.82 bits per heavy atom. The van der Waals surface area contributed by atoms with Crippen molar-refractivity contribution in [1.82, 2.24) is 4.98 Å². The second-order valence-corrected chi connectivity index (χ2v) is 7.50. The summed E-state index contributed by atoms with van der Waals surface area (Å²) in [5.74, 6) is -0.511. The lowest BCUT2D eigenvalue weighted by Crippen LogP contribution is -2.07. The van der Waals surface area contributed by atoms with Crippen molar-refractivity contribution < 1.29 is 28.2 Å². The van der Waals surface area contributed by atoms with Crippen LogP contribution in [0.15, 0.2) is 65.3 Å². The smallest absolute Gasteiger partial charge is 0.374 e. The van der Waals surface area contributed by atoms with Crippen molar-refractivity contribution in [3.8, 4) is 11.5 Å². The number of furan rings is 1. The van der Waals surface area contributed by atoms with Crippen molar-refractivity contribution in [2.75, 3.05) is 6.61 Å². The molecule has 2 aromatic heterocycles. The first kappa shape index (κ1) is 22.4. The average Bonchev–Trinajstić information content (AvgIpc) is 3.14. The van der Waals surface area contributed by atoms with Crippen LogP contribution in [0.4, 0.5) is 0 Å². The highest BCUT2D eigenvalue weighted by molar-refractivity contribution is 6.32. The molecule has 0 radical (unpaired) electrons. The number of pyridine rings is 1. The van der Waals surface area contributed by atoms with Gasteiger partial charge >= 0.3 is 11.9 Å². The van der Waals surface area contributed by atoms with Crippen molar-refractivity contribution in [3.63, 3.8) is 0 Å². The van der Waals surface area contributed by atoms with Crippen LogP contribution in [0.5, 0.6) is 11.5 Å². The molecule has 0 fully saturated rings. The van der Waals surface area contributed by atoms with Crippen LogP contribution in [-0.2, 0) is 16.1 Å². The molecule has 33 heavy (non-hydrogen) atoms. The van der Waals surface area contributed by atoms with Gasteiger partial charge in [-0.15, -0.1) is 0 Å². The molecule has 0 saturated heterocycles. The molecule has 0 unspecified atom stereocenters. The van der Waals surface area contributed by atoms with Gasteiger partial charge in [0.2, 0.25) is 5.76 Å². The van der Waals surface area contributed by atoms with E-state index in [1.54, 1.807) is 32.0 Å². The highest BCUT2D eigenvalue weighted by atomic mass is 35.5. The van der Waals surface area contributed by atoms with E-state index in [-0.39, 0.29) is 41.1 Å². The van der Waals surface area contributed by atoms with Gasteiger partial charge in [-0.2, -0.15) is 0 Å². The second kappa shape index (κ2) is 9.75. The van der Waals surface area contributed by atoms with Crippen molar-refractivity contribution in [3.05, 3.63) is 88.4 Å². The zero-order valence-electron chi connectivity index (χ0n) is 18.0. The topological polar surface area (TPSA) is 87.9 Å². The van der Waals surface area contributed by atoms with Gasteiger partial charge in [0, 0.05) is 35.5 Å². The van der Waals surface area contributed by atoms with Gasteiger partial charge in [-0.25, -0.2) is 9.59 Å². The largest absolute Gasteiger partial charge is 0.460 e. The van der Waals surface area contributed by atoms with Gasteiger partial charge in [0.15, 0.2) is 0 Å². The lowest BCUT2D eigenvalue weighted by atomic mass is 10.1. The molecule has 0 amide bonds. The molecule has 4 aromatic rings. The number of carbonyl (C=O) groups is 2. The molecule has 0 aliphatic heterocycles. The molecule has 0 atom stereocenters. The monoisotopic (exact) mass is 465 g/mol. The molecule has 2 aromatic carbocycles. The predicted molar refractivity (Wildman–Crippen MR) is 122 cm³/mol. The van der Waals surface area contributed by atoms with E-state index in [9.17, 15) is 9.59 Å². The van der Waals surface area contributed by atoms with E-state index in [0.717, 1.165) is 5.56 Å². The zero-order valence-corrected chi connectivity index (χ0v) is 18.7. The molecular formula is C25H20ClNO6. The average molecular weight is 466 g/mol. The normalized spacial score (nSPS) is 10.8. The summed E-state index contributed by atoms with van der Waals surface area (Å²) in [7, 11) is 0. The lowest BCUT2D eigenvalue weighted by molar-refractivity contribution is 0.0466. The third-order valence-corrected chi connectivity index (χ3v) is 5.18. The third-order valence-electron chi connectivity index (χ3n) is 4.89. The minimum Gasteiger partial charge on any atom is -0.460 e. The standard InChI is InChI=1S/C25H20ClNO6/c1-3-30-25(29)23-15(2)17-11-22(19(26)12-21(17)33-23)32-20-9-10-27-13-18(20)24(28)31-14-16-7-5-4-6-8-16/h4-13H,3,14H2,1-2H3. The Kier molecular flexibility index (Phi) is 6.60. The van der Waals surface area contributed by atoms with Gasteiger partial charge in [0.05, 0.1) is 11.6 Å². The maximum atomic E-state index is 12.7. The minimum absolute atomic E-state index is 0.106. The van der Waals surface area contributed by atoms with Crippen molar-refractivity contribution >= 4 is 34.5 Å². The van der Waals surface area contributed by atoms with Gasteiger partial charge in [-0.3, -0.25) is 4.98 Å². The number of ether oxygens (including phenoxy) is 3. The summed E-state index contributed by atoms with van der Waals surface area (Å²) in [5, 5.41) is 0.881. The number of fused-ring (bicyclic) bond motifs is 1. The summed E-state index contributed by atoms with van der Waals surface area (Å²) in [6.45, 7) is 3.81. The van der Waals surface area contributed by atoms with Crippen molar-refractivity contribution in [2.45, 2.75) is 20.5 Å². The molecule has 7 nitrogen and oxygen atoms in total. The highest BCUT2D eigenvalue weighted by Gasteiger charge is 2.22. The molecule has 4 rings (SSSR count). The first-order valence-electron chi connectivity index (χ1n) is 10.2. The fraction of sp³-hybridized carbons (Fsp3) is 0.160. The zero-order chi connectivity index (χ0) is 23.4. The number of halogens is 1. The van der Waals surface area contributed by atoms with Crippen molar-refractivity contribution in [1.29, 1.82) is 0 Å². The summed E-state index contributed by atoms with van der Waals surface area (Å²) in [4.78, 5) is 28.8. The Morgan fingerprint density at radius 3 is 2.58 bits per heavy atom. The maximum Gasteiger partial charge on any atom is 0.374 e. The quantitative estimate of drug-likeness (QED) is 0.304. The Hall–Kier alpha value is -3.84. The molecule has 0 aliphatic rings. The van der Waals surface area contributed by atoms with Crippen LogP contribution >= 0.6 is 11.6 Å². The number of carbonyl (C=O) groups excluding carboxylic acids is 2. The van der Waals surface area contributed by atoms with Crippen LogP contribution in [0.25, 0.3) is 11.0 Å². The van der Waals surface area contributed by atoms with Crippen LogP contribution in [0.1, 0.15) is 39.0 Å². The lowest BCUT2D eigenvalue weighted by Gasteiger charge is -2.12. The van der Waals surface area contributed by atoms with Crippen LogP contribution < -0.4 is 4.74 Å². The molecule has 8 heteroatoms. The van der Waals surface area contributed by atoms with E-state index < -0.39 is 11.9 Å². The number of aromatic nitrogens is 1. The summed E-state index contributed by atoms with van der Waals surface area (Å²) in [6.07, 6.45) is 2.87. The van der Waals surface area contributed by atoms with Crippen molar-refractivity contribution in [2.24, 2.45) is 0 Å². The number of benzene rings is 2. The van der Waals surface area contributed by atoms with E-state index >= 15 is 0 Å². The Balaban J connectivity index is 1.60. The van der Waals surface area contributed by atoms with Gasteiger partial charge in [-0.05, 0) is 25.5 Å². The first-order chi connectivity index (χ1) is 16.0. The number of nitrogens with zero attached hydrogens (tertiary/aromatic N) is 1. The van der Waals surface area contributed by atoms with E-state index in [1.807, 2.05) is 30.3 Å². The van der Waals surface area contributed by atoms with Gasteiger partial charge in [0.1, 0.15) is 29.3 Å². The number of hydrogen-bond acceptors (Lipinski definition) is 7. The molecule has 2 heterocycles. The molecule has 0 saturated carbocycles. The van der Waals surface area contributed by atoms with Crippen LogP contribution in [0, 0.1) is 6.92 Å². The molecule has 0 bridgehead atoms. The van der Waals surface area contributed by atoms with Gasteiger partial charge in [-0.1, -0.05) is 41.9 Å². The fourth-order valence-electron chi connectivity index (χ4n) is 3.23. The fourth-order valence-corrected chi connectivity index (χ4v) is 3.43. The summed E-state index contributed by atoms with van der Waals surface area (Å²) >= 11 is 6.40. The van der Waals surface area contributed by atoms with Crippen LogP contribution in [0.2, 0.25) is 5.02 Å². The van der Waals surface area contributed by atoms with E-state index in [1.165, 1.54) is 12.4 Å².